The molecule has 3 nitrogen and oxygen atoms in total. The van der Waals surface area contributed by atoms with Gasteiger partial charge in [-0.05, 0) is 0 Å². The van der Waals surface area contributed by atoms with Gasteiger partial charge in [0, 0.05) is 11.8 Å². The Balaban J connectivity index is 2.85. The predicted octanol–water partition coefficient (Wildman–Crippen LogP) is 0.0972. The van der Waals surface area contributed by atoms with E-state index >= 15 is 0 Å². The molecule has 0 aromatic rings. The van der Waals surface area contributed by atoms with Gasteiger partial charge in [0.1, 0.15) is 0 Å². The first-order valence-electron chi connectivity index (χ1n) is 1.18. The maximum atomic E-state index is 9.11. The van der Waals surface area contributed by atoms with Crippen LogP contribution < -0.4 is 0 Å². The molecule has 0 bridgehead atoms. The fraction of sp³-hybridized carbons (Fsp3) is 0.500. The van der Waals surface area contributed by atoms with Gasteiger partial charge >= 0.3 is 0 Å². The lowest BCUT2D eigenvalue weighted by molar-refractivity contribution is -0.469. The van der Waals surface area contributed by atoms with Crippen LogP contribution in [0.1, 0.15) is 0 Å². The summed E-state index contributed by atoms with van der Waals surface area (Å²) in [7, 11) is 0. The van der Waals surface area contributed by atoms with Crippen molar-refractivity contribution in [2.45, 2.75) is 0 Å². The summed E-state index contributed by atoms with van der Waals surface area (Å²) in [5, 5.41) is 9.11. The van der Waals surface area contributed by atoms with Crippen LogP contribution in [-0.2, 0) is 0 Å². The van der Waals surface area contributed by atoms with E-state index in [1.54, 1.807) is 0 Å². The molecule has 0 saturated carbocycles. The number of nitrogens with zero attached hydrogens (tertiary/aromatic N) is 1. The third-order valence-electron chi connectivity index (χ3n) is 0.183. The molecule has 5 heavy (non-hydrogen) atoms. The molecular weight excluding hydrogens is 70.0 g/mol. The minimum atomic E-state index is -0.486. The molecule has 29 valence electrons. The van der Waals surface area contributed by atoms with Gasteiger partial charge in [-0.1, -0.05) is 0 Å². The van der Waals surface area contributed by atoms with Crippen molar-refractivity contribution >= 4 is 0 Å². The Bertz CT molecular complexity index is 42.9. The van der Waals surface area contributed by atoms with Gasteiger partial charge in [0.25, 0.3) is 0 Å². The van der Waals surface area contributed by atoms with Gasteiger partial charge in [-0.2, -0.15) is 0 Å². The summed E-state index contributed by atoms with van der Waals surface area (Å²) in [6.45, 7) is 2.76. The first kappa shape index (κ1) is 4.40. The first-order chi connectivity index (χ1) is 2.27. The average Bonchev–Trinajstić information content (AvgIpc) is 1.38. The van der Waals surface area contributed by atoms with Crippen molar-refractivity contribution in [3.63, 3.8) is 0 Å². The third kappa shape index (κ3) is 3.40. The van der Waals surface area contributed by atoms with Crippen LogP contribution in [0.5, 0.6) is 0 Å². The van der Waals surface area contributed by atoms with Crippen molar-refractivity contribution in [3.8, 4) is 0 Å². The lowest BCUT2D eigenvalue weighted by atomic mass is 10.8. The van der Waals surface area contributed by atoms with Gasteiger partial charge in [0.05, 0.1) is 0 Å². The van der Waals surface area contributed by atoms with Crippen molar-refractivity contribution in [1.29, 1.82) is 0 Å². The normalized spacial score (nSPS) is 7.40. The fourth-order valence-corrected chi connectivity index (χ4v) is 0. The zero-order valence-corrected chi connectivity index (χ0v) is 2.68. The lowest BCUT2D eigenvalue weighted by Crippen LogP contribution is -1.92. The Morgan fingerprint density at radius 1 is 2.00 bits per heavy atom. The van der Waals surface area contributed by atoms with Crippen LogP contribution in [0.3, 0.4) is 0 Å². The van der Waals surface area contributed by atoms with E-state index in [4.69, 9.17) is 10.1 Å². The second kappa shape index (κ2) is 1.69. The van der Waals surface area contributed by atoms with Gasteiger partial charge in [-0.3, -0.25) is 10.1 Å². The SMILES string of the molecule is [CH2]C[N+](=O)[O-]. The molecule has 0 saturated heterocycles. The molecular formula is C2H4NO2. The molecule has 0 aliphatic heterocycles. The Kier molecular flexibility index (Phi) is 1.49. The molecule has 0 spiro atoms. The minimum Gasteiger partial charge on any atom is -0.265 e. The topological polar surface area (TPSA) is 43.1 Å². The molecule has 0 unspecified atom stereocenters. The largest absolute Gasteiger partial charge is 0.265 e. The van der Waals surface area contributed by atoms with Crippen LogP contribution in [0.2, 0.25) is 0 Å². The highest BCUT2D eigenvalue weighted by Crippen LogP contribution is 1.56. The number of hydrogen-bond acceptors (Lipinski definition) is 2. The molecule has 0 amide bonds. The second-order valence-corrected chi connectivity index (χ2v) is 0.556. The zero-order valence-electron chi connectivity index (χ0n) is 2.68. The first-order valence-corrected chi connectivity index (χ1v) is 1.18. The molecule has 0 aromatic carbocycles. The maximum Gasteiger partial charge on any atom is 0.204 e. The van der Waals surface area contributed by atoms with Crippen molar-refractivity contribution in [2.75, 3.05) is 6.54 Å². The minimum absolute atomic E-state index is 0.222. The Morgan fingerprint density at radius 3 is 2.20 bits per heavy atom. The van der Waals surface area contributed by atoms with Crippen LogP contribution in [0.15, 0.2) is 0 Å². The summed E-state index contributed by atoms with van der Waals surface area (Å²) in [6, 6.07) is 0. The quantitative estimate of drug-likeness (QED) is 0.327. The molecule has 0 heterocycles. The van der Waals surface area contributed by atoms with Gasteiger partial charge in [-0.25, -0.2) is 0 Å². The van der Waals surface area contributed by atoms with E-state index in [9.17, 15) is 0 Å². The predicted molar refractivity (Wildman–Crippen MR) is 17.2 cm³/mol. The van der Waals surface area contributed by atoms with Gasteiger partial charge < -0.3 is 0 Å². The summed E-state index contributed by atoms with van der Waals surface area (Å²) >= 11 is 0. The summed E-state index contributed by atoms with van der Waals surface area (Å²) in [4.78, 5) is 8.62. The van der Waals surface area contributed by atoms with Gasteiger partial charge in [0.15, 0.2) is 0 Å². The second-order valence-electron chi connectivity index (χ2n) is 0.556. The van der Waals surface area contributed by atoms with Crippen LogP contribution in [0.4, 0.5) is 0 Å². The molecule has 1 radical (unpaired) electrons. The number of rotatable bonds is 1. The van der Waals surface area contributed by atoms with Crippen LogP contribution in [-0.4, -0.2) is 11.5 Å². The standard InChI is InChI=1S/C2H4NO2/c1-2-3(4)5/h1-2H2. The fourth-order valence-electron chi connectivity index (χ4n) is 0. The molecule has 0 rings (SSSR count). The van der Waals surface area contributed by atoms with Crippen LogP contribution >= 0.6 is 0 Å². The zero-order chi connectivity index (χ0) is 4.28. The van der Waals surface area contributed by atoms with E-state index in [1.165, 1.54) is 0 Å². The van der Waals surface area contributed by atoms with Crippen LogP contribution in [0, 0.1) is 17.0 Å². The van der Waals surface area contributed by atoms with E-state index in [0.717, 1.165) is 0 Å². The van der Waals surface area contributed by atoms with Gasteiger partial charge in [-0.15, -0.1) is 0 Å². The Morgan fingerprint density at radius 2 is 2.20 bits per heavy atom. The van der Waals surface area contributed by atoms with Crippen molar-refractivity contribution in [3.05, 3.63) is 17.0 Å². The highest BCUT2D eigenvalue weighted by molar-refractivity contribution is 4.23. The Hall–Kier alpha value is -0.600. The van der Waals surface area contributed by atoms with Crippen molar-refractivity contribution in [1.82, 2.24) is 0 Å². The molecule has 3 heteroatoms. The van der Waals surface area contributed by atoms with Crippen molar-refractivity contribution in [2.24, 2.45) is 0 Å². The van der Waals surface area contributed by atoms with Crippen molar-refractivity contribution < 1.29 is 4.92 Å². The average molecular weight is 74.1 g/mol. The summed E-state index contributed by atoms with van der Waals surface area (Å²) < 4.78 is 0. The molecule has 0 aliphatic carbocycles. The summed E-state index contributed by atoms with van der Waals surface area (Å²) in [5.41, 5.74) is 0. The Labute approximate surface area is 29.8 Å². The molecule has 0 aromatic heterocycles. The number of hydrogen-bond donors (Lipinski definition) is 0. The van der Waals surface area contributed by atoms with E-state index in [2.05, 4.69) is 6.92 Å². The summed E-state index contributed by atoms with van der Waals surface area (Å²) in [5.74, 6) is 0. The summed E-state index contributed by atoms with van der Waals surface area (Å²) in [6.07, 6.45) is 0. The van der Waals surface area contributed by atoms with E-state index < -0.39 is 4.92 Å². The molecule has 0 N–H and O–H groups in total. The molecule has 0 fully saturated rings. The molecule has 0 atom stereocenters. The third-order valence-corrected chi connectivity index (χ3v) is 0.183. The van der Waals surface area contributed by atoms with E-state index in [1.807, 2.05) is 0 Å². The van der Waals surface area contributed by atoms with Crippen LogP contribution in [0.25, 0.3) is 0 Å². The highest BCUT2D eigenvalue weighted by Gasteiger charge is 1.77. The highest BCUT2D eigenvalue weighted by atomic mass is 16.6. The maximum absolute atomic E-state index is 9.11. The van der Waals surface area contributed by atoms with Gasteiger partial charge in [0.2, 0.25) is 6.54 Å². The smallest absolute Gasteiger partial charge is 0.204 e. The lowest BCUT2D eigenvalue weighted by Gasteiger charge is -1.73. The monoisotopic (exact) mass is 74.0 g/mol. The number of nitro groups is 1. The molecule has 0 aliphatic rings. The van der Waals surface area contributed by atoms with E-state index in [0.29, 0.717) is 0 Å². The van der Waals surface area contributed by atoms with E-state index in [-0.39, 0.29) is 6.54 Å².